The molecule has 0 saturated carbocycles. The van der Waals surface area contributed by atoms with Crippen molar-refractivity contribution >= 4 is 11.9 Å². The molecule has 0 bridgehead atoms. The minimum absolute atomic E-state index is 0.293. The van der Waals surface area contributed by atoms with E-state index >= 15 is 0 Å². The van der Waals surface area contributed by atoms with E-state index in [1.165, 1.54) is 13.2 Å². The third kappa shape index (κ3) is 4.09. The summed E-state index contributed by atoms with van der Waals surface area (Å²) >= 11 is 0. The van der Waals surface area contributed by atoms with Crippen LogP contribution in [-0.4, -0.2) is 24.6 Å². The van der Waals surface area contributed by atoms with Crippen LogP contribution in [0.15, 0.2) is 24.3 Å². The maximum atomic E-state index is 11.9. The molecule has 1 aromatic carbocycles. The fourth-order valence-electron chi connectivity index (χ4n) is 1.56. The number of esters is 2. The van der Waals surface area contributed by atoms with E-state index in [9.17, 15) is 9.59 Å². The summed E-state index contributed by atoms with van der Waals surface area (Å²) in [7, 11) is 1.21. The molecule has 0 aliphatic heterocycles. The standard InChI is InChI=1S/C15H17NO4/c1-15(2,3)20-13(17)11-7-5-6-10(8-11)12(9-16)14(18)19-4/h5-8,12H,1-4H3. The van der Waals surface area contributed by atoms with Gasteiger partial charge in [0.25, 0.3) is 0 Å². The van der Waals surface area contributed by atoms with Gasteiger partial charge >= 0.3 is 11.9 Å². The van der Waals surface area contributed by atoms with Crippen LogP contribution >= 0.6 is 0 Å². The molecule has 1 aromatic rings. The molecule has 0 radical (unpaired) electrons. The first-order valence-electron chi connectivity index (χ1n) is 6.09. The highest BCUT2D eigenvalue weighted by atomic mass is 16.6. The van der Waals surface area contributed by atoms with Crippen molar-refractivity contribution in [3.8, 4) is 6.07 Å². The van der Waals surface area contributed by atoms with Crippen molar-refractivity contribution in [2.24, 2.45) is 0 Å². The van der Waals surface area contributed by atoms with Gasteiger partial charge in [0.15, 0.2) is 5.92 Å². The van der Waals surface area contributed by atoms with Gasteiger partial charge < -0.3 is 9.47 Å². The van der Waals surface area contributed by atoms with Crippen molar-refractivity contribution in [2.45, 2.75) is 32.3 Å². The van der Waals surface area contributed by atoms with Crippen LogP contribution in [0.3, 0.4) is 0 Å². The minimum Gasteiger partial charge on any atom is -0.468 e. The fourth-order valence-corrected chi connectivity index (χ4v) is 1.56. The molecule has 1 unspecified atom stereocenters. The monoisotopic (exact) mass is 275 g/mol. The fraction of sp³-hybridized carbons (Fsp3) is 0.400. The van der Waals surface area contributed by atoms with Gasteiger partial charge in [0.05, 0.1) is 18.7 Å². The van der Waals surface area contributed by atoms with Crippen LogP contribution in [0.25, 0.3) is 0 Å². The largest absolute Gasteiger partial charge is 0.468 e. The Labute approximate surface area is 118 Å². The highest BCUT2D eigenvalue weighted by Crippen LogP contribution is 2.20. The predicted molar refractivity (Wildman–Crippen MR) is 72.0 cm³/mol. The molecule has 5 nitrogen and oxygen atoms in total. The topological polar surface area (TPSA) is 76.4 Å². The van der Waals surface area contributed by atoms with Gasteiger partial charge in [0, 0.05) is 0 Å². The van der Waals surface area contributed by atoms with Crippen molar-refractivity contribution in [1.29, 1.82) is 5.26 Å². The molecule has 1 atom stereocenters. The van der Waals surface area contributed by atoms with Crippen molar-refractivity contribution < 1.29 is 19.1 Å². The van der Waals surface area contributed by atoms with Crippen LogP contribution in [0.1, 0.15) is 42.6 Å². The molecule has 5 heteroatoms. The zero-order chi connectivity index (χ0) is 15.3. The number of methoxy groups -OCH3 is 1. The van der Waals surface area contributed by atoms with Gasteiger partial charge in [-0.2, -0.15) is 5.26 Å². The van der Waals surface area contributed by atoms with E-state index in [1.54, 1.807) is 39.0 Å². The van der Waals surface area contributed by atoms with Gasteiger partial charge in [-0.25, -0.2) is 4.79 Å². The van der Waals surface area contributed by atoms with Crippen LogP contribution in [0, 0.1) is 11.3 Å². The SMILES string of the molecule is COC(=O)C(C#N)c1cccc(C(=O)OC(C)(C)C)c1. The molecule has 0 saturated heterocycles. The van der Waals surface area contributed by atoms with E-state index in [2.05, 4.69) is 4.74 Å². The van der Waals surface area contributed by atoms with Crippen LogP contribution in [0.4, 0.5) is 0 Å². The molecule has 0 aromatic heterocycles. The molecule has 0 N–H and O–H groups in total. The van der Waals surface area contributed by atoms with Gasteiger partial charge in [-0.1, -0.05) is 12.1 Å². The first-order valence-corrected chi connectivity index (χ1v) is 6.09. The van der Waals surface area contributed by atoms with Gasteiger partial charge in [-0.15, -0.1) is 0 Å². The quantitative estimate of drug-likeness (QED) is 0.792. The van der Waals surface area contributed by atoms with Crippen molar-refractivity contribution in [2.75, 3.05) is 7.11 Å². The van der Waals surface area contributed by atoms with Gasteiger partial charge in [-0.3, -0.25) is 4.79 Å². The Morgan fingerprint density at radius 2 is 1.95 bits per heavy atom. The van der Waals surface area contributed by atoms with E-state index in [-0.39, 0.29) is 0 Å². The average Bonchev–Trinajstić information content (AvgIpc) is 2.37. The number of benzene rings is 1. The lowest BCUT2D eigenvalue weighted by molar-refractivity contribution is -0.141. The molecule has 0 spiro atoms. The zero-order valence-electron chi connectivity index (χ0n) is 12.0. The zero-order valence-corrected chi connectivity index (χ0v) is 12.0. The molecule has 0 aliphatic rings. The summed E-state index contributed by atoms with van der Waals surface area (Å²) in [5, 5.41) is 9.03. The number of carbonyl (C=O) groups excluding carboxylic acids is 2. The van der Waals surface area contributed by atoms with Gasteiger partial charge in [0.1, 0.15) is 5.60 Å². The number of ether oxygens (including phenoxy) is 2. The van der Waals surface area contributed by atoms with E-state index in [4.69, 9.17) is 10.00 Å². The van der Waals surface area contributed by atoms with Gasteiger partial charge in [-0.05, 0) is 38.5 Å². The van der Waals surface area contributed by atoms with Crippen molar-refractivity contribution in [3.63, 3.8) is 0 Å². The number of rotatable bonds is 3. The summed E-state index contributed by atoms with van der Waals surface area (Å²) in [6, 6.07) is 8.10. The normalized spacial score (nSPS) is 12.2. The molecule has 0 aliphatic carbocycles. The van der Waals surface area contributed by atoms with E-state index in [1.807, 2.05) is 6.07 Å². The lowest BCUT2D eigenvalue weighted by Crippen LogP contribution is -2.24. The summed E-state index contributed by atoms with van der Waals surface area (Å²) in [6.45, 7) is 5.30. The maximum absolute atomic E-state index is 11.9. The Bertz CT molecular complexity index is 552. The van der Waals surface area contributed by atoms with Crippen molar-refractivity contribution in [3.05, 3.63) is 35.4 Å². The highest BCUT2D eigenvalue weighted by Gasteiger charge is 2.23. The Morgan fingerprint density at radius 3 is 2.45 bits per heavy atom. The summed E-state index contributed by atoms with van der Waals surface area (Å²) in [5.41, 5.74) is 0.0913. The van der Waals surface area contributed by atoms with E-state index in [0.717, 1.165) is 0 Å². The Balaban J connectivity index is 3.05. The van der Waals surface area contributed by atoms with Crippen LogP contribution in [0.2, 0.25) is 0 Å². The van der Waals surface area contributed by atoms with E-state index in [0.29, 0.717) is 11.1 Å². The maximum Gasteiger partial charge on any atom is 0.338 e. The first kappa shape index (κ1) is 15.7. The lowest BCUT2D eigenvalue weighted by Gasteiger charge is -2.19. The Morgan fingerprint density at radius 1 is 1.30 bits per heavy atom. The third-order valence-corrected chi connectivity index (χ3v) is 2.42. The smallest absolute Gasteiger partial charge is 0.338 e. The molecule has 20 heavy (non-hydrogen) atoms. The molecule has 0 amide bonds. The third-order valence-electron chi connectivity index (χ3n) is 2.42. The first-order chi connectivity index (χ1) is 9.28. The number of carbonyl (C=O) groups is 2. The number of nitrogens with zero attached hydrogens (tertiary/aromatic N) is 1. The summed E-state index contributed by atoms with van der Waals surface area (Å²) in [5.74, 6) is -2.21. The number of nitriles is 1. The Hall–Kier alpha value is -2.35. The molecule has 0 heterocycles. The van der Waals surface area contributed by atoms with Crippen molar-refractivity contribution in [1.82, 2.24) is 0 Å². The van der Waals surface area contributed by atoms with E-state index < -0.39 is 23.5 Å². The Kier molecular flexibility index (Phi) is 4.87. The van der Waals surface area contributed by atoms with Crippen LogP contribution in [0.5, 0.6) is 0 Å². The highest BCUT2D eigenvalue weighted by molar-refractivity contribution is 5.90. The second-order valence-electron chi connectivity index (χ2n) is 5.21. The summed E-state index contributed by atoms with van der Waals surface area (Å²) in [4.78, 5) is 23.4. The van der Waals surface area contributed by atoms with Gasteiger partial charge in [0.2, 0.25) is 0 Å². The second-order valence-corrected chi connectivity index (χ2v) is 5.21. The predicted octanol–water partition coefficient (Wildman–Crippen LogP) is 2.42. The lowest BCUT2D eigenvalue weighted by atomic mass is 9.98. The van der Waals surface area contributed by atoms with Crippen LogP contribution < -0.4 is 0 Å². The van der Waals surface area contributed by atoms with Crippen LogP contribution in [-0.2, 0) is 14.3 Å². The molecular formula is C15H17NO4. The molecule has 1 rings (SSSR count). The average molecular weight is 275 g/mol. The molecule has 106 valence electrons. The number of hydrogen-bond donors (Lipinski definition) is 0. The molecular weight excluding hydrogens is 258 g/mol. The summed E-state index contributed by atoms with van der Waals surface area (Å²) < 4.78 is 9.80. The minimum atomic E-state index is -1.05. The number of hydrogen-bond acceptors (Lipinski definition) is 5. The summed E-state index contributed by atoms with van der Waals surface area (Å²) in [6.07, 6.45) is 0. The second kappa shape index (κ2) is 6.20. The molecule has 0 fully saturated rings.